The Morgan fingerprint density at radius 1 is 1.27 bits per heavy atom. The summed E-state index contributed by atoms with van der Waals surface area (Å²) in [4.78, 5) is 22.7. The van der Waals surface area contributed by atoms with E-state index in [9.17, 15) is 9.59 Å². The largest absolute Gasteiger partial charge is 0.490 e. The summed E-state index contributed by atoms with van der Waals surface area (Å²) in [5, 5.41) is 10.8. The van der Waals surface area contributed by atoms with Crippen LogP contribution in [0.2, 0.25) is 0 Å². The Kier molecular flexibility index (Phi) is 2.39. The number of hydrogen-bond donors (Lipinski definition) is 2. The molecule has 0 spiro atoms. The van der Waals surface area contributed by atoms with Gasteiger partial charge in [0, 0.05) is 0 Å². The molecule has 5 heteroatoms. The summed E-state index contributed by atoms with van der Waals surface area (Å²) in [6.07, 6.45) is 0. The molecule has 2 amide bonds. The van der Waals surface area contributed by atoms with Gasteiger partial charge in [-0.05, 0) is 12.1 Å². The SMILES string of the molecule is O=C1NC(=O)c2c(OCCO)cccc21. The lowest BCUT2D eigenvalue weighted by molar-refractivity contribution is 0.0878. The van der Waals surface area contributed by atoms with E-state index in [-0.39, 0.29) is 18.8 Å². The van der Waals surface area contributed by atoms with Crippen LogP contribution in [0.5, 0.6) is 5.75 Å². The van der Waals surface area contributed by atoms with Crippen LogP contribution in [0.15, 0.2) is 18.2 Å². The van der Waals surface area contributed by atoms with Crippen molar-refractivity contribution in [3.63, 3.8) is 0 Å². The first-order valence-electron chi connectivity index (χ1n) is 4.46. The summed E-state index contributed by atoms with van der Waals surface area (Å²) < 4.78 is 5.15. The fourth-order valence-electron chi connectivity index (χ4n) is 1.46. The zero-order valence-electron chi connectivity index (χ0n) is 7.82. The van der Waals surface area contributed by atoms with E-state index in [1.54, 1.807) is 18.2 Å². The highest BCUT2D eigenvalue weighted by atomic mass is 16.5. The summed E-state index contributed by atoms with van der Waals surface area (Å²) in [7, 11) is 0. The van der Waals surface area contributed by atoms with Crippen LogP contribution in [0.1, 0.15) is 20.7 Å². The van der Waals surface area contributed by atoms with E-state index >= 15 is 0 Å². The Morgan fingerprint density at radius 2 is 2.07 bits per heavy atom. The molecule has 1 heterocycles. The average molecular weight is 207 g/mol. The maximum Gasteiger partial charge on any atom is 0.262 e. The Balaban J connectivity index is 2.41. The Morgan fingerprint density at radius 3 is 2.80 bits per heavy atom. The van der Waals surface area contributed by atoms with Crippen LogP contribution in [0.3, 0.4) is 0 Å². The molecule has 1 aromatic rings. The molecule has 0 fully saturated rings. The Labute approximate surface area is 85.7 Å². The number of nitrogens with one attached hydrogen (secondary N) is 1. The molecule has 0 bridgehead atoms. The lowest BCUT2D eigenvalue weighted by Crippen LogP contribution is -2.20. The van der Waals surface area contributed by atoms with Gasteiger partial charge in [0.25, 0.3) is 11.8 Å². The molecular formula is C10H9NO4. The van der Waals surface area contributed by atoms with Gasteiger partial charge in [-0.3, -0.25) is 14.9 Å². The number of imide groups is 1. The quantitative estimate of drug-likeness (QED) is 0.681. The van der Waals surface area contributed by atoms with Crippen LogP contribution >= 0.6 is 0 Å². The normalized spacial score (nSPS) is 13.7. The molecular weight excluding hydrogens is 198 g/mol. The van der Waals surface area contributed by atoms with Gasteiger partial charge in [-0.1, -0.05) is 6.07 Å². The van der Waals surface area contributed by atoms with Gasteiger partial charge in [-0.2, -0.15) is 0 Å². The van der Waals surface area contributed by atoms with Crippen molar-refractivity contribution < 1.29 is 19.4 Å². The van der Waals surface area contributed by atoms with Crippen molar-refractivity contribution in [2.24, 2.45) is 0 Å². The van der Waals surface area contributed by atoms with Gasteiger partial charge in [0.1, 0.15) is 12.4 Å². The lowest BCUT2D eigenvalue weighted by Gasteiger charge is -2.06. The number of carbonyl (C=O) groups is 2. The second kappa shape index (κ2) is 3.70. The topological polar surface area (TPSA) is 75.6 Å². The smallest absolute Gasteiger partial charge is 0.262 e. The summed E-state index contributed by atoms with van der Waals surface area (Å²) in [5.74, 6) is -0.544. The fraction of sp³-hybridized carbons (Fsp3) is 0.200. The van der Waals surface area contributed by atoms with Crippen molar-refractivity contribution in [3.8, 4) is 5.75 Å². The molecule has 0 atom stereocenters. The molecule has 0 saturated carbocycles. The monoisotopic (exact) mass is 207 g/mol. The van der Waals surface area contributed by atoms with E-state index < -0.39 is 11.8 Å². The Hall–Kier alpha value is -1.88. The molecule has 1 aliphatic rings. The number of aliphatic hydroxyl groups is 1. The summed E-state index contributed by atoms with van der Waals surface area (Å²) in [6, 6.07) is 4.78. The zero-order valence-corrected chi connectivity index (χ0v) is 7.82. The van der Waals surface area contributed by atoms with Crippen molar-refractivity contribution in [1.82, 2.24) is 5.32 Å². The first-order chi connectivity index (χ1) is 7.24. The third-order valence-corrected chi connectivity index (χ3v) is 2.07. The Bertz CT molecular complexity index is 427. The van der Waals surface area contributed by atoms with Crippen molar-refractivity contribution in [1.29, 1.82) is 0 Å². The third-order valence-electron chi connectivity index (χ3n) is 2.07. The summed E-state index contributed by atoms with van der Waals surface area (Å²) in [5.41, 5.74) is 0.561. The molecule has 0 aromatic heterocycles. The van der Waals surface area contributed by atoms with E-state index in [1.807, 2.05) is 0 Å². The van der Waals surface area contributed by atoms with Gasteiger partial charge in [0.05, 0.1) is 17.7 Å². The fourth-order valence-corrected chi connectivity index (χ4v) is 1.46. The number of aliphatic hydroxyl groups excluding tert-OH is 1. The number of amides is 2. The molecule has 0 aliphatic carbocycles. The molecule has 0 radical (unpaired) electrons. The number of rotatable bonds is 3. The zero-order chi connectivity index (χ0) is 10.8. The van der Waals surface area contributed by atoms with Crippen LogP contribution in [0.4, 0.5) is 0 Å². The van der Waals surface area contributed by atoms with Gasteiger partial charge >= 0.3 is 0 Å². The van der Waals surface area contributed by atoms with Gasteiger partial charge in [0.2, 0.25) is 0 Å². The van der Waals surface area contributed by atoms with Gasteiger partial charge in [0.15, 0.2) is 0 Å². The van der Waals surface area contributed by atoms with Gasteiger partial charge < -0.3 is 9.84 Å². The first kappa shape index (κ1) is 9.67. The van der Waals surface area contributed by atoms with E-state index in [1.165, 1.54) is 0 Å². The second-order valence-electron chi connectivity index (χ2n) is 3.03. The average Bonchev–Trinajstić information content (AvgIpc) is 2.53. The minimum atomic E-state index is -0.455. The summed E-state index contributed by atoms with van der Waals surface area (Å²) >= 11 is 0. The van der Waals surface area contributed by atoms with Crippen molar-refractivity contribution in [3.05, 3.63) is 29.3 Å². The van der Waals surface area contributed by atoms with Crippen LogP contribution in [0.25, 0.3) is 0 Å². The molecule has 2 N–H and O–H groups in total. The molecule has 0 saturated heterocycles. The molecule has 1 aliphatic heterocycles. The molecule has 78 valence electrons. The van der Waals surface area contributed by atoms with E-state index in [0.717, 1.165) is 0 Å². The van der Waals surface area contributed by atoms with E-state index in [0.29, 0.717) is 11.3 Å². The highest BCUT2D eigenvalue weighted by Gasteiger charge is 2.29. The third kappa shape index (κ3) is 1.57. The molecule has 1 aromatic carbocycles. The second-order valence-corrected chi connectivity index (χ2v) is 3.03. The standard InChI is InChI=1S/C10H9NO4/c12-4-5-15-7-3-1-2-6-8(7)10(14)11-9(6)13/h1-3,12H,4-5H2,(H,11,13,14). The minimum absolute atomic E-state index is 0.0952. The predicted molar refractivity (Wildman–Crippen MR) is 50.8 cm³/mol. The van der Waals surface area contributed by atoms with Gasteiger partial charge in [-0.15, -0.1) is 0 Å². The lowest BCUT2D eigenvalue weighted by atomic mass is 10.1. The van der Waals surface area contributed by atoms with E-state index in [4.69, 9.17) is 9.84 Å². The number of fused-ring (bicyclic) bond motifs is 1. The first-order valence-corrected chi connectivity index (χ1v) is 4.46. The van der Waals surface area contributed by atoms with Gasteiger partial charge in [-0.25, -0.2) is 0 Å². The van der Waals surface area contributed by atoms with Crippen LogP contribution < -0.4 is 10.1 Å². The van der Waals surface area contributed by atoms with Crippen molar-refractivity contribution in [2.45, 2.75) is 0 Å². The van der Waals surface area contributed by atoms with Crippen molar-refractivity contribution in [2.75, 3.05) is 13.2 Å². The molecule has 5 nitrogen and oxygen atoms in total. The number of benzene rings is 1. The highest BCUT2D eigenvalue weighted by molar-refractivity contribution is 6.22. The molecule has 0 unspecified atom stereocenters. The maximum absolute atomic E-state index is 11.4. The molecule has 2 rings (SSSR count). The summed E-state index contributed by atoms with van der Waals surface area (Å²) in [6.45, 7) is -0.0445. The van der Waals surface area contributed by atoms with Crippen LogP contribution in [0, 0.1) is 0 Å². The maximum atomic E-state index is 11.4. The number of carbonyl (C=O) groups excluding carboxylic acids is 2. The predicted octanol–water partition coefficient (Wildman–Crippen LogP) is -0.0587. The minimum Gasteiger partial charge on any atom is -0.490 e. The highest BCUT2D eigenvalue weighted by Crippen LogP contribution is 2.25. The number of ether oxygens (including phenoxy) is 1. The van der Waals surface area contributed by atoms with E-state index in [2.05, 4.69) is 5.32 Å². The van der Waals surface area contributed by atoms with Crippen LogP contribution in [-0.4, -0.2) is 30.1 Å². The van der Waals surface area contributed by atoms with Crippen LogP contribution in [-0.2, 0) is 0 Å². The van der Waals surface area contributed by atoms with Crippen molar-refractivity contribution >= 4 is 11.8 Å². The molecule has 15 heavy (non-hydrogen) atoms. The number of hydrogen-bond acceptors (Lipinski definition) is 4.